The van der Waals surface area contributed by atoms with E-state index >= 15 is 0 Å². The fraction of sp³-hybridized carbons (Fsp3) is 0.692. The Labute approximate surface area is 96.9 Å². The summed E-state index contributed by atoms with van der Waals surface area (Å²) in [5, 5.41) is 7.88. The Balaban J connectivity index is 1.80. The van der Waals surface area contributed by atoms with Gasteiger partial charge in [0.2, 0.25) is 0 Å². The first-order valence-electron chi connectivity index (χ1n) is 6.09. The van der Waals surface area contributed by atoms with Crippen molar-refractivity contribution in [1.29, 1.82) is 0 Å². The molecular formula is C13H21NS. The van der Waals surface area contributed by atoms with Crippen LogP contribution in [0.1, 0.15) is 50.1 Å². The first kappa shape index (κ1) is 11.2. The van der Waals surface area contributed by atoms with E-state index in [1.54, 1.807) is 11.3 Å². The van der Waals surface area contributed by atoms with Gasteiger partial charge < -0.3 is 5.32 Å². The van der Waals surface area contributed by atoms with Gasteiger partial charge in [0, 0.05) is 6.04 Å². The SMILES string of the molecule is CNC(CCC1CCCC1)c1ccsc1. The van der Waals surface area contributed by atoms with Crippen molar-refractivity contribution in [1.82, 2.24) is 5.32 Å². The molecule has 0 saturated heterocycles. The van der Waals surface area contributed by atoms with Gasteiger partial charge in [0.05, 0.1) is 0 Å². The van der Waals surface area contributed by atoms with E-state index in [2.05, 4.69) is 29.2 Å². The number of hydrogen-bond donors (Lipinski definition) is 1. The molecule has 0 aromatic carbocycles. The molecule has 0 bridgehead atoms. The number of hydrogen-bond acceptors (Lipinski definition) is 2. The van der Waals surface area contributed by atoms with Crippen LogP contribution in [0.3, 0.4) is 0 Å². The van der Waals surface area contributed by atoms with Gasteiger partial charge in [-0.1, -0.05) is 25.7 Å². The molecule has 1 unspecified atom stereocenters. The molecule has 1 nitrogen and oxygen atoms in total. The number of thiophene rings is 1. The van der Waals surface area contributed by atoms with Crippen molar-refractivity contribution in [3.8, 4) is 0 Å². The molecule has 1 N–H and O–H groups in total. The fourth-order valence-corrected chi connectivity index (χ4v) is 3.37. The van der Waals surface area contributed by atoms with Gasteiger partial charge in [-0.2, -0.15) is 11.3 Å². The minimum atomic E-state index is 0.580. The molecule has 1 aromatic heterocycles. The summed E-state index contributed by atoms with van der Waals surface area (Å²) in [7, 11) is 2.08. The highest BCUT2D eigenvalue weighted by Gasteiger charge is 2.17. The Bertz CT molecular complexity index is 262. The molecule has 1 heterocycles. The summed E-state index contributed by atoms with van der Waals surface area (Å²) in [4.78, 5) is 0. The van der Waals surface area contributed by atoms with E-state index in [1.165, 1.54) is 44.1 Å². The quantitative estimate of drug-likeness (QED) is 0.796. The van der Waals surface area contributed by atoms with Crippen LogP contribution >= 0.6 is 11.3 Å². The standard InChI is InChI=1S/C13H21NS/c1-14-13(12-8-9-15-10-12)7-6-11-4-2-3-5-11/h8-11,13-14H,2-7H2,1H3. The Hall–Kier alpha value is -0.340. The average Bonchev–Trinajstić information content (AvgIpc) is 2.90. The van der Waals surface area contributed by atoms with Crippen LogP contribution in [0, 0.1) is 5.92 Å². The molecule has 0 amide bonds. The molecule has 0 spiro atoms. The molecule has 84 valence electrons. The van der Waals surface area contributed by atoms with Crippen LogP contribution in [-0.4, -0.2) is 7.05 Å². The van der Waals surface area contributed by atoms with Crippen molar-refractivity contribution in [3.63, 3.8) is 0 Å². The lowest BCUT2D eigenvalue weighted by molar-refractivity contribution is 0.428. The zero-order chi connectivity index (χ0) is 10.5. The molecule has 2 heteroatoms. The van der Waals surface area contributed by atoms with E-state index in [0.717, 1.165) is 5.92 Å². The molecule has 1 aromatic rings. The predicted molar refractivity (Wildman–Crippen MR) is 67.3 cm³/mol. The van der Waals surface area contributed by atoms with Crippen molar-refractivity contribution in [2.45, 2.75) is 44.6 Å². The lowest BCUT2D eigenvalue weighted by Gasteiger charge is -2.17. The molecule has 0 radical (unpaired) electrons. The van der Waals surface area contributed by atoms with Crippen molar-refractivity contribution < 1.29 is 0 Å². The summed E-state index contributed by atoms with van der Waals surface area (Å²) in [6.45, 7) is 0. The van der Waals surface area contributed by atoms with E-state index in [0.29, 0.717) is 6.04 Å². The predicted octanol–water partition coefficient (Wildman–Crippen LogP) is 3.98. The van der Waals surface area contributed by atoms with Gasteiger partial charge in [-0.25, -0.2) is 0 Å². The molecule has 2 rings (SSSR count). The largest absolute Gasteiger partial charge is 0.313 e. The lowest BCUT2D eigenvalue weighted by atomic mass is 9.96. The third-order valence-electron chi connectivity index (χ3n) is 3.63. The normalized spacial score (nSPS) is 19.5. The highest BCUT2D eigenvalue weighted by Crippen LogP contribution is 2.31. The van der Waals surface area contributed by atoms with Crippen LogP contribution in [0.5, 0.6) is 0 Å². The lowest BCUT2D eigenvalue weighted by Crippen LogP contribution is -2.16. The van der Waals surface area contributed by atoms with Crippen molar-refractivity contribution in [3.05, 3.63) is 22.4 Å². The molecule has 0 aliphatic heterocycles. The maximum absolute atomic E-state index is 3.44. The van der Waals surface area contributed by atoms with Gasteiger partial charge in [0.25, 0.3) is 0 Å². The van der Waals surface area contributed by atoms with E-state index in [9.17, 15) is 0 Å². The fourth-order valence-electron chi connectivity index (χ4n) is 2.65. The van der Waals surface area contributed by atoms with Crippen LogP contribution in [0.2, 0.25) is 0 Å². The Kier molecular flexibility index (Phi) is 4.21. The van der Waals surface area contributed by atoms with E-state index in [4.69, 9.17) is 0 Å². The first-order valence-corrected chi connectivity index (χ1v) is 7.04. The molecule has 1 saturated carbocycles. The highest BCUT2D eigenvalue weighted by atomic mass is 32.1. The van der Waals surface area contributed by atoms with E-state index in [-0.39, 0.29) is 0 Å². The van der Waals surface area contributed by atoms with Gasteiger partial charge in [0.1, 0.15) is 0 Å². The van der Waals surface area contributed by atoms with Gasteiger partial charge >= 0.3 is 0 Å². The Morgan fingerprint density at radius 1 is 1.47 bits per heavy atom. The monoisotopic (exact) mass is 223 g/mol. The van der Waals surface area contributed by atoms with E-state index in [1.807, 2.05) is 0 Å². The Morgan fingerprint density at radius 3 is 2.87 bits per heavy atom. The summed E-state index contributed by atoms with van der Waals surface area (Å²) < 4.78 is 0. The van der Waals surface area contributed by atoms with E-state index < -0.39 is 0 Å². The molecule has 1 atom stereocenters. The Morgan fingerprint density at radius 2 is 2.27 bits per heavy atom. The summed E-state index contributed by atoms with van der Waals surface area (Å²) in [5.41, 5.74) is 1.47. The minimum absolute atomic E-state index is 0.580. The zero-order valence-electron chi connectivity index (χ0n) is 9.54. The highest BCUT2D eigenvalue weighted by molar-refractivity contribution is 7.07. The third kappa shape index (κ3) is 3.05. The van der Waals surface area contributed by atoms with Gasteiger partial charge in [-0.3, -0.25) is 0 Å². The van der Waals surface area contributed by atoms with Gasteiger partial charge in [-0.15, -0.1) is 0 Å². The topological polar surface area (TPSA) is 12.0 Å². The first-order chi connectivity index (χ1) is 7.40. The second kappa shape index (κ2) is 5.66. The summed E-state index contributed by atoms with van der Waals surface area (Å²) >= 11 is 1.80. The minimum Gasteiger partial charge on any atom is -0.313 e. The second-order valence-electron chi connectivity index (χ2n) is 4.63. The summed E-state index contributed by atoms with van der Waals surface area (Å²) in [5.74, 6) is 1.01. The van der Waals surface area contributed by atoms with Crippen molar-refractivity contribution >= 4 is 11.3 Å². The molecule has 1 aliphatic carbocycles. The molecular weight excluding hydrogens is 202 g/mol. The molecule has 1 aliphatic rings. The molecule has 1 fully saturated rings. The number of rotatable bonds is 5. The summed E-state index contributed by atoms with van der Waals surface area (Å²) in [6, 6.07) is 2.83. The zero-order valence-corrected chi connectivity index (χ0v) is 10.4. The maximum atomic E-state index is 3.44. The smallest absolute Gasteiger partial charge is 0.0325 e. The van der Waals surface area contributed by atoms with Gasteiger partial charge in [0.15, 0.2) is 0 Å². The van der Waals surface area contributed by atoms with Crippen molar-refractivity contribution in [2.75, 3.05) is 7.05 Å². The van der Waals surface area contributed by atoms with Crippen LogP contribution in [-0.2, 0) is 0 Å². The third-order valence-corrected chi connectivity index (χ3v) is 4.33. The average molecular weight is 223 g/mol. The van der Waals surface area contributed by atoms with Gasteiger partial charge in [-0.05, 0) is 48.2 Å². The van der Waals surface area contributed by atoms with Crippen LogP contribution < -0.4 is 5.32 Å². The van der Waals surface area contributed by atoms with Crippen LogP contribution in [0.15, 0.2) is 16.8 Å². The van der Waals surface area contributed by atoms with Crippen molar-refractivity contribution in [2.24, 2.45) is 5.92 Å². The summed E-state index contributed by atoms with van der Waals surface area (Å²) in [6.07, 6.45) is 8.58. The molecule has 15 heavy (non-hydrogen) atoms. The number of nitrogens with one attached hydrogen (secondary N) is 1. The van der Waals surface area contributed by atoms with Crippen LogP contribution in [0.4, 0.5) is 0 Å². The van der Waals surface area contributed by atoms with Crippen LogP contribution in [0.25, 0.3) is 0 Å². The second-order valence-corrected chi connectivity index (χ2v) is 5.41. The maximum Gasteiger partial charge on any atom is 0.0325 e.